The second-order valence-corrected chi connectivity index (χ2v) is 6.57. The van der Waals surface area contributed by atoms with E-state index in [0.717, 1.165) is 37.5 Å². The van der Waals surface area contributed by atoms with Crippen molar-refractivity contribution in [1.82, 2.24) is 5.32 Å². The molecule has 0 saturated carbocycles. The van der Waals surface area contributed by atoms with E-state index in [4.69, 9.17) is 4.74 Å². The van der Waals surface area contributed by atoms with Gasteiger partial charge in [-0.3, -0.25) is 0 Å². The predicted octanol–water partition coefficient (Wildman–Crippen LogP) is 3.97. The van der Waals surface area contributed by atoms with Crippen molar-refractivity contribution in [2.24, 2.45) is 0 Å². The lowest BCUT2D eigenvalue weighted by atomic mass is 10.1. The highest BCUT2D eigenvalue weighted by Crippen LogP contribution is 2.34. The summed E-state index contributed by atoms with van der Waals surface area (Å²) in [6, 6.07) is 11.7. The Balaban J connectivity index is 0.000000179. The molecule has 2 aliphatic heterocycles. The Morgan fingerprint density at radius 1 is 1.17 bits per heavy atom. The summed E-state index contributed by atoms with van der Waals surface area (Å²) in [5, 5.41) is 3.37. The van der Waals surface area contributed by atoms with Crippen LogP contribution in [0, 0.1) is 11.6 Å². The highest BCUT2D eigenvalue weighted by molar-refractivity contribution is 9.10. The molecule has 0 unspecified atom stereocenters. The van der Waals surface area contributed by atoms with Gasteiger partial charge >= 0.3 is 0 Å². The number of piperazine rings is 1. The van der Waals surface area contributed by atoms with E-state index in [0.29, 0.717) is 17.1 Å². The van der Waals surface area contributed by atoms with Gasteiger partial charge in [0.2, 0.25) is 0 Å². The van der Waals surface area contributed by atoms with Crippen LogP contribution in [0.2, 0.25) is 0 Å². The maximum Gasteiger partial charge on any atom is 0.142 e. The average molecular weight is 397 g/mol. The second-order valence-electron chi connectivity index (χ2n) is 5.71. The highest BCUT2D eigenvalue weighted by Gasteiger charge is 2.27. The van der Waals surface area contributed by atoms with E-state index in [1.807, 2.05) is 0 Å². The molecule has 3 nitrogen and oxygen atoms in total. The molecule has 2 aliphatic rings. The Hall–Kier alpha value is -1.66. The van der Waals surface area contributed by atoms with Gasteiger partial charge in [-0.15, -0.1) is 0 Å². The molecule has 0 spiro atoms. The fraction of sp³-hybridized carbons (Fsp3) is 0.333. The smallest absolute Gasteiger partial charge is 0.142 e. The molecule has 1 fully saturated rings. The van der Waals surface area contributed by atoms with Crippen LogP contribution in [0.4, 0.5) is 14.5 Å². The second kappa shape index (κ2) is 7.94. The molecule has 2 aromatic rings. The lowest BCUT2D eigenvalue weighted by molar-refractivity contribution is 0.303. The SMILES string of the molecule is Fc1ccc2c(c1)N1CCNC[C@H]1CCO2.Fc1ccccc1Br. The molecular weight excluding hydrogens is 378 g/mol. The van der Waals surface area contributed by atoms with Gasteiger partial charge in [-0.05, 0) is 40.2 Å². The Morgan fingerprint density at radius 2 is 2.00 bits per heavy atom. The lowest BCUT2D eigenvalue weighted by Crippen LogP contribution is -2.51. The van der Waals surface area contributed by atoms with Gasteiger partial charge in [-0.25, -0.2) is 8.78 Å². The van der Waals surface area contributed by atoms with Crippen molar-refractivity contribution in [3.05, 3.63) is 58.6 Å². The minimum Gasteiger partial charge on any atom is -0.491 e. The van der Waals surface area contributed by atoms with Crippen molar-refractivity contribution in [2.45, 2.75) is 12.5 Å². The van der Waals surface area contributed by atoms with Crippen LogP contribution in [0.3, 0.4) is 0 Å². The number of hydrogen-bond acceptors (Lipinski definition) is 3. The van der Waals surface area contributed by atoms with Crippen LogP contribution >= 0.6 is 15.9 Å². The topological polar surface area (TPSA) is 24.5 Å². The average Bonchev–Trinajstić information content (AvgIpc) is 2.77. The Labute approximate surface area is 148 Å². The van der Waals surface area contributed by atoms with Gasteiger partial charge in [0, 0.05) is 38.2 Å². The number of halogens is 3. The van der Waals surface area contributed by atoms with Gasteiger partial charge in [0.15, 0.2) is 0 Å². The molecule has 0 amide bonds. The van der Waals surface area contributed by atoms with Crippen LogP contribution in [0.1, 0.15) is 6.42 Å². The summed E-state index contributed by atoms with van der Waals surface area (Å²) in [7, 11) is 0. The fourth-order valence-corrected chi connectivity index (χ4v) is 3.20. The van der Waals surface area contributed by atoms with Crippen molar-refractivity contribution < 1.29 is 13.5 Å². The predicted molar refractivity (Wildman–Crippen MR) is 94.6 cm³/mol. The molecule has 2 aromatic carbocycles. The number of rotatable bonds is 0. The van der Waals surface area contributed by atoms with E-state index in [1.165, 1.54) is 12.1 Å². The van der Waals surface area contributed by atoms with Crippen LogP contribution < -0.4 is 15.0 Å². The molecule has 1 saturated heterocycles. The monoisotopic (exact) mass is 396 g/mol. The molecule has 128 valence electrons. The highest BCUT2D eigenvalue weighted by atomic mass is 79.9. The molecule has 6 heteroatoms. The summed E-state index contributed by atoms with van der Waals surface area (Å²) in [6.45, 7) is 3.54. The number of hydrogen-bond donors (Lipinski definition) is 1. The third-order valence-electron chi connectivity index (χ3n) is 4.11. The molecule has 24 heavy (non-hydrogen) atoms. The summed E-state index contributed by atoms with van der Waals surface area (Å²) < 4.78 is 31.7. The van der Waals surface area contributed by atoms with Gasteiger partial charge in [0.1, 0.15) is 17.4 Å². The van der Waals surface area contributed by atoms with Crippen LogP contribution in [0.25, 0.3) is 0 Å². The maximum absolute atomic E-state index is 13.3. The first-order chi connectivity index (χ1) is 11.6. The van der Waals surface area contributed by atoms with Gasteiger partial charge in [0.05, 0.1) is 16.8 Å². The Morgan fingerprint density at radius 3 is 2.75 bits per heavy atom. The van der Waals surface area contributed by atoms with E-state index in [-0.39, 0.29) is 11.6 Å². The van der Waals surface area contributed by atoms with Crippen molar-refractivity contribution >= 4 is 21.6 Å². The van der Waals surface area contributed by atoms with Gasteiger partial charge in [-0.1, -0.05) is 12.1 Å². The van der Waals surface area contributed by atoms with E-state index in [2.05, 4.69) is 26.1 Å². The van der Waals surface area contributed by atoms with Gasteiger partial charge < -0.3 is 15.0 Å². The van der Waals surface area contributed by atoms with E-state index >= 15 is 0 Å². The normalized spacial score (nSPS) is 19.1. The summed E-state index contributed by atoms with van der Waals surface area (Å²) in [5.74, 6) is 0.403. The molecule has 0 radical (unpaired) electrons. The Bertz CT molecular complexity index is 677. The lowest BCUT2D eigenvalue weighted by Gasteiger charge is -2.36. The molecule has 4 rings (SSSR count). The summed E-state index contributed by atoms with van der Waals surface area (Å²) in [5.41, 5.74) is 0.906. The maximum atomic E-state index is 13.3. The number of ether oxygens (including phenoxy) is 1. The van der Waals surface area contributed by atoms with E-state index < -0.39 is 0 Å². The van der Waals surface area contributed by atoms with Gasteiger partial charge in [-0.2, -0.15) is 0 Å². The molecule has 1 atom stereocenters. The van der Waals surface area contributed by atoms with Crippen molar-refractivity contribution in [3.8, 4) is 5.75 Å². The quantitative estimate of drug-likeness (QED) is 0.728. The summed E-state index contributed by atoms with van der Waals surface area (Å²) in [4.78, 5) is 2.27. The Kier molecular flexibility index (Phi) is 5.68. The van der Waals surface area contributed by atoms with Gasteiger partial charge in [0.25, 0.3) is 0 Å². The zero-order valence-corrected chi connectivity index (χ0v) is 14.7. The molecule has 0 bridgehead atoms. The molecule has 2 heterocycles. The number of benzene rings is 2. The first kappa shape index (κ1) is 17.2. The van der Waals surface area contributed by atoms with E-state index in [9.17, 15) is 8.78 Å². The largest absolute Gasteiger partial charge is 0.491 e. The standard InChI is InChI=1S/C12H15FN2O.C6H4BrF/c13-9-1-2-12-11(7-9)15-5-4-14-8-10(15)3-6-16-12;7-5-3-1-2-4-6(5)8/h1-2,7,10,14H,3-6,8H2;1-4H/t10-;/m1./s1. The number of fused-ring (bicyclic) bond motifs is 3. The van der Waals surface area contributed by atoms with Crippen molar-refractivity contribution in [3.63, 3.8) is 0 Å². The summed E-state index contributed by atoms with van der Waals surface area (Å²) >= 11 is 3.02. The number of anilines is 1. The minimum atomic E-state index is -0.215. The first-order valence-corrected chi connectivity index (χ1v) is 8.74. The van der Waals surface area contributed by atoms with Crippen LogP contribution in [0.15, 0.2) is 46.9 Å². The number of nitrogens with zero attached hydrogens (tertiary/aromatic N) is 1. The molecule has 0 aromatic heterocycles. The van der Waals surface area contributed by atoms with Crippen molar-refractivity contribution in [2.75, 3.05) is 31.1 Å². The molecule has 1 N–H and O–H groups in total. The van der Waals surface area contributed by atoms with E-state index in [1.54, 1.807) is 30.3 Å². The molecular formula is C18H19BrF2N2O. The zero-order chi connectivity index (χ0) is 16.9. The zero-order valence-electron chi connectivity index (χ0n) is 13.1. The van der Waals surface area contributed by atoms with Crippen LogP contribution in [-0.4, -0.2) is 32.3 Å². The van der Waals surface area contributed by atoms with Crippen molar-refractivity contribution in [1.29, 1.82) is 0 Å². The van der Waals surface area contributed by atoms with Crippen LogP contribution in [-0.2, 0) is 0 Å². The third-order valence-corrected chi connectivity index (χ3v) is 4.76. The summed E-state index contributed by atoms with van der Waals surface area (Å²) in [6.07, 6.45) is 0.989. The third kappa shape index (κ3) is 4.05. The fourth-order valence-electron chi connectivity index (χ4n) is 2.92. The molecule has 0 aliphatic carbocycles. The van der Waals surface area contributed by atoms with Crippen LogP contribution in [0.5, 0.6) is 5.75 Å². The minimum absolute atomic E-state index is 0.193. The first-order valence-electron chi connectivity index (χ1n) is 7.95. The number of nitrogens with one attached hydrogen (secondary N) is 1.